The van der Waals surface area contributed by atoms with Crippen molar-refractivity contribution < 1.29 is 32.3 Å². The van der Waals surface area contributed by atoms with Crippen molar-refractivity contribution in [2.24, 2.45) is 5.92 Å². The quantitative estimate of drug-likeness (QED) is 0.191. The van der Waals surface area contributed by atoms with Gasteiger partial charge in [-0.25, -0.2) is 13.2 Å². The molecular formula is C47H49F3N6O4. The molecule has 3 aromatic carbocycles. The van der Waals surface area contributed by atoms with Gasteiger partial charge in [-0.3, -0.25) is 33.9 Å². The van der Waals surface area contributed by atoms with Crippen LogP contribution in [0.2, 0.25) is 0 Å². The number of H-pyrrole nitrogens is 1. The second-order valence-electron chi connectivity index (χ2n) is 17.7. The number of carbonyl (C=O) groups is 4. The van der Waals surface area contributed by atoms with Crippen LogP contribution in [0.25, 0.3) is 10.9 Å². The Hall–Kier alpha value is -5.27. The van der Waals surface area contributed by atoms with E-state index in [1.807, 2.05) is 53.4 Å². The lowest BCUT2D eigenvalue weighted by Gasteiger charge is -2.39. The summed E-state index contributed by atoms with van der Waals surface area (Å²) in [5.41, 5.74) is 7.55. The van der Waals surface area contributed by atoms with Crippen LogP contribution >= 0.6 is 0 Å². The molecule has 4 aromatic rings. The number of carbonyl (C=O) groups excluding carboxylic acids is 4. The maximum Gasteiger partial charge on any atom is 0.262 e. The molecule has 0 bridgehead atoms. The average molecular weight is 819 g/mol. The normalized spacial score (nSPS) is 25.3. The molecule has 1 saturated carbocycles. The average Bonchev–Trinajstić information content (AvgIpc) is 3.91. The van der Waals surface area contributed by atoms with Crippen molar-refractivity contribution in [2.75, 3.05) is 26.2 Å². The number of halogens is 3. The number of rotatable bonds is 7. The fourth-order valence-corrected chi connectivity index (χ4v) is 11.2. The predicted octanol–water partition coefficient (Wildman–Crippen LogP) is 7.19. The third kappa shape index (κ3) is 6.74. The summed E-state index contributed by atoms with van der Waals surface area (Å²) in [5, 5.41) is 3.76. The van der Waals surface area contributed by atoms with Crippen LogP contribution in [-0.2, 0) is 29.1 Å². The van der Waals surface area contributed by atoms with Crippen LogP contribution in [0, 0.1) is 11.7 Å². The maximum absolute atomic E-state index is 16.1. The summed E-state index contributed by atoms with van der Waals surface area (Å²) in [6.45, 7) is 6.51. The lowest BCUT2D eigenvalue weighted by molar-refractivity contribution is -0.138. The van der Waals surface area contributed by atoms with E-state index in [-0.39, 0.29) is 42.1 Å². The summed E-state index contributed by atoms with van der Waals surface area (Å²) in [7, 11) is 0. The zero-order valence-electron chi connectivity index (χ0n) is 33.5. The molecule has 4 amide bonds. The van der Waals surface area contributed by atoms with Gasteiger partial charge in [0.25, 0.3) is 18.2 Å². The second kappa shape index (κ2) is 15.3. The number of fused-ring (bicyclic) bond motifs is 5. The van der Waals surface area contributed by atoms with Crippen LogP contribution < -0.4 is 5.32 Å². The van der Waals surface area contributed by atoms with Crippen molar-refractivity contribution in [3.05, 3.63) is 117 Å². The highest BCUT2D eigenvalue weighted by atomic mass is 19.3. The number of para-hydroxylation sites is 1. The van der Waals surface area contributed by atoms with Gasteiger partial charge in [0.1, 0.15) is 11.9 Å². The Bertz CT molecular complexity index is 2390. The molecule has 3 fully saturated rings. The van der Waals surface area contributed by atoms with Gasteiger partial charge in [-0.1, -0.05) is 36.9 Å². The summed E-state index contributed by atoms with van der Waals surface area (Å²) in [5.74, 6) is -1.48. The third-order valence-electron chi connectivity index (χ3n) is 14.3. The zero-order valence-corrected chi connectivity index (χ0v) is 33.5. The molecule has 1 aliphatic carbocycles. The number of benzene rings is 3. The van der Waals surface area contributed by atoms with Crippen molar-refractivity contribution in [3.63, 3.8) is 0 Å². The molecule has 6 aliphatic rings. The molecule has 1 aromatic heterocycles. The minimum atomic E-state index is -2.51. The fourth-order valence-electron chi connectivity index (χ4n) is 11.2. The SMILES string of the molecule is C=C1CCC(N2C(=O)c3cc4c(cc3C2=O)CN(C2CCN(C(=O)C3CCC(c5ccc(C6c7[nH]c8ccccc8c7CCN6CC(F)F)cc5F)CC3)CC2)C4)C(=O)N1. The minimum Gasteiger partial charge on any atom is -0.357 e. The molecule has 2 unspecified atom stereocenters. The zero-order chi connectivity index (χ0) is 41.4. The minimum absolute atomic E-state index is 0.0138. The fraction of sp³-hybridized carbons (Fsp3) is 0.447. The van der Waals surface area contributed by atoms with Crippen LogP contribution in [-0.4, -0.2) is 92.9 Å². The number of aromatic nitrogens is 1. The van der Waals surface area contributed by atoms with Gasteiger partial charge in [0.15, 0.2) is 0 Å². The van der Waals surface area contributed by atoms with Crippen molar-refractivity contribution in [1.29, 1.82) is 0 Å². The number of alkyl halides is 2. The molecule has 2 N–H and O–H groups in total. The number of likely N-dealkylation sites (tertiary alicyclic amines) is 1. The molecule has 13 heteroatoms. The van der Waals surface area contributed by atoms with Gasteiger partial charge in [-0.05, 0) is 116 Å². The molecular weight excluding hydrogens is 770 g/mol. The first-order valence-corrected chi connectivity index (χ1v) is 21.5. The van der Waals surface area contributed by atoms with Gasteiger partial charge in [-0.2, -0.15) is 0 Å². The summed E-state index contributed by atoms with van der Waals surface area (Å²) in [6.07, 6.45) is 3.48. The van der Waals surface area contributed by atoms with Crippen molar-refractivity contribution in [3.8, 4) is 0 Å². The third-order valence-corrected chi connectivity index (χ3v) is 14.3. The van der Waals surface area contributed by atoms with E-state index >= 15 is 4.39 Å². The Morgan fingerprint density at radius 2 is 1.53 bits per heavy atom. The standard InChI is InChI=1S/C47H49F3N6O4/c1-26-6-13-40(44(57)51-26)56-46(59)36-20-30-23-55(24-31(30)21-37(36)47(56)60)32-14-17-53(18-15-32)45(58)28-9-7-27(8-10-28)33-12-11-29(22-38(33)48)43-42-35(16-19-54(43)25-41(49)50)34-4-2-3-5-39(34)52-42/h2-5,11-12,20-22,27-28,32,40-41,43,52H,1,6-10,13-19,23-25H2,(H,51,57). The summed E-state index contributed by atoms with van der Waals surface area (Å²) in [4.78, 5) is 64.0. The highest BCUT2D eigenvalue weighted by molar-refractivity contribution is 6.23. The van der Waals surface area contributed by atoms with Gasteiger partial charge in [0.2, 0.25) is 11.8 Å². The highest BCUT2D eigenvalue weighted by Gasteiger charge is 2.45. The molecule has 5 aliphatic heterocycles. The molecule has 0 spiro atoms. The first-order valence-electron chi connectivity index (χ1n) is 21.5. The number of aromatic amines is 1. The van der Waals surface area contributed by atoms with Crippen LogP contribution in [0.15, 0.2) is 66.9 Å². The first kappa shape index (κ1) is 38.9. The van der Waals surface area contributed by atoms with Gasteiger partial charge in [-0.15, -0.1) is 0 Å². The van der Waals surface area contributed by atoms with Crippen LogP contribution in [0.5, 0.6) is 0 Å². The van der Waals surface area contributed by atoms with Crippen molar-refractivity contribution in [1.82, 2.24) is 29.9 Å². The van der Waals surface area contributed by atoms with Crippen LogP contribution in [0.4, 0.5) is 13.2 Å². The van der Waals surface area contributed by atoms with Gasteiger partial charge < -0.3 is 15.2 Å². The maximum atomic E-state index is 16.1. The van der Waals surface area contributed by atoms with E-state index in [9.17, 15) is 28.0 Å². The number of hydrogen-bond acceptors (Lipinski definition) is 6. The number of imide groups is 1. The van der Waals surface area contributed by atoms with E-state index in [4.69, 9.17) is 0 Å². The van der Waals surface area contributed by atoms with Crippen LogP contribution in [0.1, 0.15) is 118 Å². The summed E-state index contributed by atoms with van der Waals surface area (Å²) < 4.78 is 43.6. The van der Waals surface area contributed by atoms with E-state index in [0.29, 0.717) is 106 Å². The smallest absolute Gasteiger partial charge is 0.262 e. The number of nitrogens with zero attached hydrogens (tertiary/aromatic N) is 4. The lowest BCUT2D eigenvalue weighted by Crippen LogP contribution is -2.51. The van der Waals surface area contributed by atoms with Crippen molar-refractivity contribution in [2.45, 2.75) is 101 Å². The summed E-state index contributed by atoms with van der Waals surface area (Å²) >= 11 is 0. The molecule has 60 heavy (non-hydrogen) atoms. The number of allylic oxidation sites excluding steroid dienone is 1. The highest BCUT2D eigenvalue weighted by Crippen LogP contribution is 2.43. The largest absolute Gasteiger partial charge is 0.357 e. The number of hydrogen-bond donors (Lipinski definition) is 2. The Labute approximate surface area is 346 Å². The van der Waals surface area contributed by atoms with E-state index in [1.54, 1.807) is 4.90 Å². The van der Waals surface area contributed by atoms with Gasteiger partial charge >= 0.3 is 0 Å². The van der Waals surface area contributed by atoms with E-state index in [1.165, 1.54) is 6.07 Å². The molecule has 2 saturated heterocycles. The molecule has 10 rings (SSSR count). The molecule has 0 radical (unpaired) electrons. The number of nitrogens with one attached hydrogen (secondary N) is 2. The monoisotopic (exact) mass is 818 g/mol. The first-order chi connectivity index (χ1) is 29.0. The number of amides is 4. The Morgan fingerprint density at radius 1 is 0.833 bits per heavy atom. The lowest BCUT2D eigenvalue weighted by atomic mass is 9.77. The second-order valence-corrected chi connectivity index (χ2v) is 17.7. The van der Waals surface area contributed by atoms with E-state index in [0.717, 1.165) is 51.0 Å². The molecule has 10 nitrogen and oxygen atoms in total. The Kier molecular flexibility index (Phi) is 9.94. The van der Waals surface area contributed by atoms with Gasteiger partial charge in [0, 0.05) is 67.0 Å². The Balaban J connectivity index is 0.741. The van der Waals surface area contributed by atoms with Gasteiger partial charge in [0.05, 0.1) is 23.7 Å². The molecule has 312 valence electrons. The van der Waals surface area contributed by atoms with Crippen molar-refractivity contribution >= 4 is 34.5 Å². The predicted molar refractivity (Wildman–Crippen MR) is 219 cm³/mol. The van der Waals surface area contributed by atoms with Crippen LogP contribution in [0.3, 0.4) is 0 Å². The van der Waals surface area contributed by atoms with E-state index in [2.05, 4.69) is 21.8 Å². The number of piperidine rings is 2. The van der Waals surface area contributed by atoms with E-state index < -0.39 is 30.3 Å². The molecule has 6 heterocycles. The topological polar surface area (TPSA) is 109 Å². The Morgan fingerprint density at radius 3 is 2.20 bits per heavy atom. The summed E-state index contributed by atoms with van der Waals surface area (Å²) in [6, 6.07) is 15.8. The molecule has 2 atom stereocenters.